The van der Waals surface area contributed by atoms with Crippen LogP contribution in [-0.4, -0.2) is 22.1 Å². The molecule has 82 valence electrons. The number of nitrogens with zero attached hydrogens (tertiary/aromatic N) is 1. The molecular weight excluding hydrogens is 213 g/mol. The molecule has 4 nitrogen and oxygen atoms in total. The quantitative estimate of drug-likeness (QED) is 0.753. The van der Waals surface area contributed by atoms with E-state index in [1.54, 1.807) is 4.90 Å². The zero-order valence-electron chi connectivity index (χ0n) is 8.50. The molecule has 0 radical (unpaired) electrons. The van der Waals surface area contributed by atoms with Crippen LogP contribution in [0.25, 0.3) is 0 Å². The lowest BCUT2D eigenvalue weighted by Gasteiger charge is -2.24. The first-order chi connectivity index (χ1) is 6.97. The first kappa shape index (κ1) is 10.7. The van der Waals surface area contributed by atoms with Gasteiger partial charge in [0.05, 0.1) is 0 Å². The van der Waals surface area contributed by atoms with Crippen molar-refractivity contribution in [3.05, 3.63) is 29.8 Å². The van der Waals surface area contributed by atoms with E-state index in [0.29, 0.717) is 0 Å². The fourth-order valence-electron chi connectivity index (χ4n) is 2.04. The summed E-state index contributed by atoms with van der Waals surface area (Å²) in [6.45, 7) is 1.98. The van der Waals surface area contributed by atoms with Crippen LogP contribution in [0.5, 0.6) is 0 Å². The van der Waals surface area contributed by atoms with Gasteiger partial charge < -0.3 is 14.7 Å². The Morgan fingerprint density at radius 1 is 1.47 bits per heavy atom. The van der Waals surface area contributed by atoms with Crippen LogP contribution in [0.2, 0.25) is 0 Å². The van der Waals surface area contributed by atoms with Crippen LogP contribution in [0.3, 0.4) is 0 Å². The maximum absolute atomic E-state index is 11.0. The Labute approximate surface area is 88.7 Å². The van der Waals surface area contributed by atoms with Crippen LogP contribution < -0.4 is 4.90 Å². The molecular formula is C10H14NO3P. The van der Waals surface area contributed by atoms with Crippen molar-refractivity contribution in [2.45, 2.75) is 19.4 Å². The van der Waals surface area contributed by atoms with E-state index >= 15 is 0 Å². The molecule has 0 aliphatic carbocycles. The minimum atomic E-state index is -3.98. The average molecular weight is 227 g/mol. The van der Waals surface area contributed by atoms with Gasteiger partial charge in [-0.3, -0.25) is 4.57 Å². The molecule has 0 unspecified atom stereocenters. The first-order valence-corrected chi connectivity index (χ1v) is 6.66. The monoisotopic (exact) mass is 227 g/mol. The van der Waals surface area contributed by atoms with E-state index in [4.69, 9.17) is 9.79 Å². The molecule has 15 heavy (non-hydrogen) atoms. The number of fused-ring (bicyclic) bond motifs is 1. The van der Waals surface area contributed by atoms with E-state index in [1.807, 2.05) is 31.2 Å². The summed E-state index contributed by atoms with van der Waals surface area (Å²) in [6.07, 6.45) is 0.668. The minimum absolute atomic E-state index is 0.162. The van der Waals surface area contributed by atoms with Crippen LogP contribution in [0.15, 0.2) is 24.3 Å². The zero-order valence-corrected chi connectivity index (χ0v) is 9.39. The highest BCUT2D eigenvalue weighted by Gasteiger charge is 2.30. The van der Waals surface area contributed by atoms with E-state index < -0.39 is 7.60 Å². The Morgan fingerprint density at radius 2 is 2.13 bits per heavy atom. The Hall–Kier alpha value is -0.830. The van der Waals surface area contributed by atoms with E-state index in [1.165, 1.54) is 5.56 Å². The molecule has 0 fully saturated rings. The molecule has 0 bridgehead atoms. The third-order valence-corrected chi connectivity index (χ3v) is 3.36. The highest BCUT2D eigenvalue weighted by Crippen LogP contribution is 2.41. The van der Waals surface area contributed by atoms with Crippen LogP contribution in [0, 0.1) is 0 Å². The first-order valence-electron chi connectivity index (χ1n) is 4.86. The molecule has 1 atom stereocenters. The summed E-state index contributed by atoms with van der Waals surface area (Å²) in [4.78, 5) is 19.8. The molecule has 0 aromatic heterocycles. The van der Waals surface area contributed by atoms with Gasteiger partial charge in [-0.2, -0.15) is 0 Å². The van der Waals surface area contributed by atoms with Gasteiger partial charge in [-0.1, -0.05) is 18.2 Å². The predicted molar refractivity (Wildman–Crippen MR) is 59.0 cm³/mol. The SMILES string of the molecule is C[C@H]1Cc2ccccc2N1CP(=O)(O)O. The average Bonchev–Trinajstić information content (AvgIpc) is 2.41. The maximum Gasteiger partial charge on any atom is 0.344 e. The number of anilines is 1. The van der Waals surface area contributed by atoms with Gasteiger partial charge >= 0.3 is 7.60 Å². The van der Waals surface area contributed by atoms with Gasteiger partial charge in [0.2, 0.25) is 0 Å². The van der Waals surface area contributed by atoms with Gasteiger partial charge in [0.15, 0.2) is 0 Å². The molecule has 5 heteroatoms. The van der Waals surface area contributed by atoms with E-state index in [9.17, 15) is 4.57 Å². The second kappa shape index (κ2) is 3.63. The molecule has 0 spiro atoms. The predicted octanol–water partition coefficient (Wildman–Crippen LogP) is 1.57. The Balaban J connectivity index is 2.30. The van der Waals surface area contributed by atoms with Crippen molar-refractivity contribution < 1.29 is 14.4 Å². The lowest BCUT2D eigenvalue weighted by molar-refractivity contribution is 0.370. The number of para-hydroxylation sites is 1. The molecule has 1 aliphatic rings. The second-order valence-electron chi connectivity index (χ2n) is 3.96. The van der Waals surface area contributed by atoms with Gasteiger partial charge in [0.1, 0.15) is 6.29 Å². The molecule has 1 heterocycles. The molecule has 0 saturated heterocycles. The fourth-order valence-corrected chi connectivity index (χ4v) is 2.87. The standard InChI is InChI=1S/C10H14NO3P/c1-8-6-9-4-2-3-5-10(9)11(8)7-15(12,13)14/h2-5,8H,6-7H2,1H3,(H2,12,13,14)/t8-/m0/s1. The summed E-state index contributed by atoms with van der Waals surface area (Å²) in [5, 5.41) is 0. The summed E-state index contributed by atoms with van der Waals surface area (Å²) in [7, 11) is -3.98. The summed E-state index contributed by atoms with van der Waals surface area (Å²) >= 11 is 0. The number of benzene rings is 1. The third kappa shape index (κ3) is 2.23. The molecule has 2 rings (SSSR count). The van der Waals surface area contributed by atoms with Gasteiger partial charge in [0, 0.05) is 11.7 Å². The summed E-state index contributed by atoms with van der Waals surface area (Å²) in [5.74, 6) is 0. The Morgan fingerprint density at radius 3 is 2.80 bits per heavy atom. The number of rotatable bonds is 2. The van der Waals surface area contributed by atoms with Crippen LogP contribution in [0.4, 0.5) is 5.69 Å². The topological polar surface area (TPSA) is 60.8 Å². The summed E-state index contributed by atoms with van der Waals surface area (Å²) < 4.78 is 11.0. The van der Waals surface area contributed by atoms with Gasteiger partial charge in [-0.25, -0.2) is 0 Å². The summed E-state index contributed by atoms with van der Waals surface area (Å²) in [5.41, 5.74) is 2.12. The third-order valence-electron chi connectivity index (χ3n) is 2.69. The highest BCUT2D eigenvalue weighted by molar-refractivity contribution is 7.51. The van der Waals surface area contributed by atoms with E-state index in [0.717, 1.165) is 12.1 Å². The number of hydrogen-bond donors (Lipinski definition) is 2. The van der Waals surface area contributed by atoms with Gasteiger partial charge in [0.25, 0.3) is 0 Å². The normalized spacial score (nSPS) is 20.5. The molecule has 0 saturated carbocycles. The van der Waals surface area contributed by atoms with Crippen molar-refractivity contribution in [3.8, 4) is 0 Å². The van der Waals surface area contributed by atoms with Crippen LogP contribution in [-0.2, 0) is 11.0 Å². The molecule has 1 aromatic carbocycles. The van der Waals surface area contributed by atoms with E-state index in [-0.39, 0.29) is 12.3 Å². The van der Waals surface area contributed by atoms with Crippen molar-refractivity contribution in [3.63, 3.8) is 0 Å². The largest absolute Gasteiger partial charge is 0.357 e. The van der Waals surface area contributed by atoms with Crippen LogP contribution >= 0.6 is 7.60 Å². The highest BCUT2D eigenvalue weighted by atomic mass is 31.2. The molecule has 1 aromatic rings. The van der Waals surface area contributed by atoms with Crippen molar-refractivity contribution in [2.75, 3.05) is 11.2 Å². The molecule has 1 aliphatic heterocycles. The minimum Gasteiger partial charge on any atom is -0.357 e. The Bertz CT molecular complexity index is 415. The fraction of sp³-hybridized carbons (Fsp3) is 0.400. The van der Waals surface area contributed by atoms with E-state index in [2.05, 4.69) is 0 Å². The Kier molecular flexibility index (Phi) is 2.59. The van der Waals surface area contributed by atoms with Crippen molar-refractivity contribution in [1.82, 2.24) is 0 Å². The second-order valence-corrected chi connectivity index (χ2v) is 5.57. The maximum atomic E-state index is 11.0. The zero-order chi connectivity index (χ0) is 11.1. The van der Waals surface area contributed by atoms with Crippen molar-refractivity contribution in [2.24, 2.45) is 0 Å². The van der Waals surface area contributed by atoms with Gasteiger partial charge in [-0.15, -0.1) is 0 Å². The lowest BCUT2D eigenvalue weighted by Crippen LogP contribution is -2.30. The van der Waals surface area contributed by atoms with Crippen LogP contribution in [0.1, 0.15) is 12.5 Å². The number of hydrogen-bond acceptors (Lipinski definition) is 2. The lowest BCUT2D eigenvalue weighted by atomic mass is 10.1. The molecule has 0 amide bonds. The van der Waals surface area contributed by atoms with Crippen molar-refractivity contribution in [1.29, 1.82) is 0 Å². The van der Waals surface area contributed by atoms with Gasteiger partial charge in [-0.05, 0) is 25.0 Å². The smallest absolute Gasteiger partial charge is 0.344 e. The van der Waals surface area contributed by atoms with Crippen molar-refractivity contribution >= 4 is 13.3 Å². The summed E-state index contributed by atoms with van der Waals surface area (Å²) in [6, 6.07) is 7.92. The molecule has 2 N–H and O–H groups in total.